The highest BCUT2D eigenvalue weighted by Crippen LogP contribution is 2.48. The molecular weight excluding hydrogens is 454 g/mol. The summed E-state index contributed by atoms with van der Waals surface area (Å²) in [6.45, 7) is 6.81. The number of methoxy groups -OCH3 is 2. The normalized spacial score (nSPS) is 21.9. The molecule has 1 saturated heterocycles. The molecule has 3 aliphatic rings. The summed E-state index contributed by atoms with van der Waals surface area (Å²) in [6, 6.07) is 11.1. The molecule has 3 aliphatic heterocycles. The van der Waals surface area contributed by atoms with Gasteiger partial charge in [-0.15, -0.1) is 0 Å². The van der Waals surface area contributed by atoms with Gasteiger partial charge in [-0.05, 0) is 86.1 Å². The predicted octanol–water partition coefficient (Wildman–Crippen LogP) is 3.78. The van der Waals surface area contributed by atoms with Gasteiger partial charge in [0.1, 0.15) is 0 Å². The van der Waals surface area contributed by atoms with Crippen molar-refractivity contribution in [2.24, 2.45) is 5.92 Å². The van der Waals surface area contributed by atoms with Crippen molar-refractivity contribution >= 4 is 11.8 Å². The van der Waals surface area contributed by atoms with E-state index in [0.29, 0.717) is 36.6 Å². The maximum atomic E-state index is 13.8. The molecule has 0 bridgehead atoms. The van der Waals surface area contributed by atoms with Gasteiger partial charge in [-0.2, -0.15) is 0 Å². The fourth-order valence-corrected chi connectivity index (χ4v) is 6.05. The number of rotatable bonds is 7. The van der Waals surface area contributed by atoms with Crippen LogP contribution in [0.1, 0.15) is 65.2 Å². The van der Waals surface area contributed by atoms with E-state index in [1.54, 1.807) is 14.2 Å². The third-order valence-corrected chi connectivity index (χ3v) is 8.13. The van der Waals surface area contributed by atoms with Gasteiger partial charge in [0.25, 0.3) is 5.91 Å². The first kappa shape index (κ1) is 24.6. The third-order valence-electron chi connectivity index (χ3n) is 8.13. The molecule has 2 aromatic rings. The molecule has 2 aromatic carbocycles. The molecular formula is C29H37N3O4. The lowest BCUT2D eigenvalue weighted by Crippen LogP contribution is -2.50. The molecule has 7 heteroatoms. The van der Waals surface area contributed by atoms with Crippen molar-refractivity contribution < 1.29 is 19.1 Å². The van der Waals surface area contributed by atoms with Crippen LogP contribution in [0.5, 0.6) is 11.5 Å². The Labute approximate surface area is 213 Å². The molecule has 0 saturated carbocycles. The Bertz CT molecular complexity index is 1130. The number of hydrogen-bond donors (Lipinski definition) is 1. The van der Waals surface area contributed by atoms with Gasteiger partial charge in [0, 0.05) is 18.7 Å². The Morgan fingerprint density at radius 3 is 2.50 bits per heavy atom. The molecule has 0 radical (unpaired) electrons. The fraction of sp³-hybridized carbons (Fsp3) is 0.517. The van der Waals surface area contributed by atoms with Crippen molar-refractivity contribution in [1.29, 1.82) is 0 Å². The number of nitrogens with one attached hydrogen (secondary N) is 1. The van der Waals surface area contributed by atoms with E-state index in [4.69, 9.17) is 9.47 Å². The summed E-state index contributed by atoms with van der Waals surface area (Å²) in [6.07, 6.45) is 4.14. The summed E-state index contributed by atoms with van der Waals surface area (Å²) < 4.78 is 11.1. The molecule has 5 rings (SSSR count). The molecule has 1 N–H and O–H groups in total. The van der Waals surface area contributed by atoms with Crippen molar-refractivity contribution in [2.45, 2.75) is 44.6 Å². The number of ether oxygens (including phenoxy) is 2. The average Bonchev–Trinajstić information content (AvgIpc) is 2.91. The van der Waals surface area contributed by atoms with Crippen molar-refractivity contribution in [3.05, 3.63) is 58.7 Å². The number of fused-ring (bicyclic) bond motifs is 4. The Kier molecular flexibility index (Phi) is 7.19. The highest BCUT2D eigenvalue weighted by Gasteiger charge is 2.46. The fourth-order valence-electron chi connectivity index (χ4n) is 6.05. The second kappa shape index (κ2) is 10.5. The summed E-state index contributed by atoms with van der Waals surface area (Å²) in [5, 5.41) is 3.21. The molecule has 0 spiro atoms. The van der Waals surface area contributed by atoms with E-state index in [1.807, 2.05) is 41.3 Å². The van der Waals surface area contributed by atoms with E-state index in [1.165, 1.54) is 12.8 Å². The van der Waals surface area contributed by atoms with Crippen LogP contribution in [0.15, 0.2) is 36.4 Å². The molecule has 7 nitrogen and oxygen atoms in total. The minimum Gasteiger partial charge on any atom is -0.493 e. The molecule has 0 aliphatic carbocycles. The van der Waals surface area contributed by atoms with Gasteiger partial charge < -0.3 is 24.6 Å². The highest BCUT2D eigenvalue weighted by atomic mass is 16.5. The molecule has 1 fully saturated rings. The van der Waals surface area contributed by atoms with Gasteiger partial charge in [-0.25, -0.2) is 0 Å². The van der Waals surface area contributed by atoms with Crippen molar-refractivity contribution in [2.75, 3.05) is 46.9 Å². The maximum Gasteiger partial charge on any atom is 0.254 e. The number of amides is 2. The number of hydrogen-bond acceptors (Lipinski definition) is 5. The Balaban J connectivity index is 1.40. The zero-order valence-corrected chi connectivity index (χ0v) is 21.6. The monoisotopic (exact) mass is 491 g/mol. The molecule has 0 unspecified atom stereocenters. The van der Waals surface area contributed by atoms with Gasteiger partial charge in [-0.3, -0.25) is 9.59 Å². The van der Waals surface area contributed by atoms with Crippen LogP contribution in [0.3, 0.4) is 0 Å². The number of piperidine rings is 1. The van der Waals surface area contributed by atoms with Crippen LogP contribution >= 0.6 is 0 Å². The van der Waals surface area contributed by atoms with Crippen molar-refractivity contribution in [3.63, 3.8) is 0 Å². The molecule has 36 heavy (non-hydrogen) atoms. The van der Waals surface area contributed by atoms with Gasteiger partial charge in [0.2, 0.25) is 5.91 Å². The largest absolute Gasteiger partial charge is 0.493 e. The smallest absolute Gasteiger partial charge is 0.254 e. The molecule has 0 aromatic heterocycles. The first-order valence-electron chi connectivity index (χ1n) is 13.2. The van der Waals surface area contributed by atoms with Crippen LogP contribution in [0.25, 0.3) is 0 Å². The van der Waals surface area contributed by atoms with E-state index in [2.05, 4.69) is 17.1 Å². The Morgan fingerprint density at radius 1 is 1.03 bits per heavy atom. The number of carbonyl (C=O) groups excluding carboxylic acids is 2. The van der Waals surface area contributed by atoms with Crippen LogP contribution in [0.2, 0.25) is 0 Å². The van der Waals surface area contributed by atoms with Crippen LogP contribution in [-0.4, -0.2) is 68.6 Å². The first-order chi connectivity index (χ1) is 17.5. The number of nitrogens with zero attached hydrogens (tertiary/aromatic N) is 2. The average molecular weight is 492 g/mol. The third kappa shape index (κ3) is 4.57. The van der Waals surface area contributed by atoms with Gasteiger partial charge >= 0.3 is 0 Å². The maximum absolute atomic E-state index is 13.8. The highest BCUT2D eigenvalue weighted by molar-refractivity contribution is 6.01. The van der Waals surface area contributed by atoms with Crippen molar-refractivity contribution in [1.82, 2.24) is 15.1 Å². The van der Waals surface area contributed by atoms with Crippen LogP contribution in [0, 0.1) is 5.92 Å². The van der Waals surface area contributed by atoms with Crippen LogP contribution in [-0.2, 0) is 11.2 Å². The zero-order valence-electron chi connectivity index (χ0n) is 21.6. The topological polar surface area (TPSA) is 71.1 Å². The molecule has 192 valence electrons. The standard InChI is InChI=1S/C29H37N3O4/c1-19-9-14-31(15-10-19)13-6-12-30-28(33)26-21-7-4-5-8-22(21)29(34)32-16-11-20-17-24(35-2)25(36-3)18-23(20)27(26)32/h4-5,7-8,17-19,26-27H,6,9-16H2,1-3H3,(H,30,33)/t26-,27-/m1/s1. The second-order valence-corrected chi connectivity index (χ2v) is 10.3. The van der Waals surface area contributed by atoms with Crippen molar-refractivity contribution in [3.8, 4) is 11.5 Å². The SMILES string of the molecule is COc1cc2c(cc1OC)[C@@H]1[C@H](C(=O)NCCCN3CCC(C)CC3)c3ccccc3C(=O)N1CC2. The first-order valence-corrected chi connectivity index (χ1v) is 13.2. The minimum absolute atomic E-state index is 0.0144. The lowest BCUT2D eigenvalue weighted by atomic mass is 9.75. The van der Waals surface area contributed by atoms with E-state index in [-0.39, 0.29) is 17.9 Å². The van der Waals surface area contributed by atoms with Gasteiger partial charge in [0.15, 0.2) is 11.5 Å². The summed E-state index contributed by atoms with van der Waals surface area (Å²) in [7, 11) is 3.24. The number of likely N-dealkylation sites (tertiary alicyclic amines) is 1. The zero-order chi connectivity index (χ0) is 25.2. The minimum atomic E-state index is -0.480. The second-order valence-electron chi connectivity index (χ2n) is 10.3. The van der Waals surface area contributed by atoms with Gasteiger partial charge in [-0.1, -0.05) is 25.1 Å². The van der Waals surface area contributed by atoms with E-state index >= 15 is 0 Å². The van der Waals surface area contributed by atoms with Crippen LogP contribution < -0.4 is 14.8 Å². The quantitative estimate of drug-likeness (QED) is 0.597. The summed E-state index contributed by atoms with van der Waals surface area (Å²) in [5.41, 5.74) is 3.48. The Hall–Kier alpha value is -3.06. The molecule has 2 atom stereocenters. The van der Waals surface area contributed by atoms with E-state index < -0.39 is 5.92 Å². The summed E-state index contributed by atoms with van der Waals surface area (Å²) >= 11 is 0. The number of benzene rings is 2. The lowest BCUT2D eigenvalue weighted by molar-refractivity contribution is -0.124. The lowest BCUT2D eigenvalue weighted by Gasteiger charge is -2.45. The van der Waals surface area contributed by atoms with Crippen LogP contribution in [0.4, 0.5) is 0 Å². The Morgan fingerprint density at radius 2 is 1.75 bits per heavy atom. The summed E-state index contributed by atoms with van der Waals surface area (Å²) in [4.78, 5) is 31.7. The predicted molar refractivity (Wildman–Crippen MR) is 139 cm³/mol. The van der Waals surface area contributed by atoms with E-state index in [9.17, 15) is 9.59 Å². The van der Waals surface area contributed by atoms with Gasteiger partial charge in [0.05, 0.1) is 26.2 Å². The summed E-state index contributed by atoms with van der Waals surface area (Å²) in [5.74, 6) is 1.57. The number of carbonyl (C=O) groups is 2. The van der Waals surface area contributed by atoms with E-state index in [0.717, 1.165) is 48.7 Å². The molecule has 3 heterocycles. The molecule has 2 amide bonds.